The third kappa shape index (κ3) is 6.28. The third-order valence-electron chi connectivity index (χ3n) is 6.43. The van der Waals surface area contributed by atoms with Crippen molar-refractivity contribution in [1.29, 1.82) is 0 Å². The molecule has 1 heterocycles. The molecule has 1 atom stereocenters. The highest BCUT2D eigenvalue weighted by molar-refractivity contribution is 9.10. The fourth-order valence-electron chi connectivity index (χ4n) is 4.47. The third-order valence-corrected chi connectivity index (χ3v) is 6.92. The van der Waals surface area contributed by atoms with Crippen LogP contribution >= 0.6 is 15.9 Å². The summed E-state index contributed by atoms with van der Waals surface area (Å²) in [5.74, 6) is 1.33. The number of ether oxygens (including phenoxy) is 2. The normalized spacial score (nSPS) is 16.3. The molecule has 0 bridgehead atoms. The maximum atomic E-state index is 13.4. The van der Waals surface area contributed by atoms with Crippen LogP contribution in [0.25, 0.3) is 0 Å². The molecule has 1 saturated carbocycles. The Labute approximate surface area is 203 Å². The minimum atomic E-state index is -0.546. The van der Waals surface area contributed by atoms with Gasteiger partial charge in [0, 0.05) is 23.5 Å². The average molecular weight is 515 g/mol. The molecular weight excluding hydrogens is 484 g/mol. The first-order valence-electron chi connectivity index (χ1n) is 11.7. The van der Waals surface area contributed by atoms with Crippen LogP contribution in [0.1, 0.15) is 56.6 Å². The second kappa shape index (κ2) is 11.1. The quantitative estimate of drug-likeness (QED) is 0.539. The van der Waals surface area contributed by atoms with E-state index in [1.54, 1.807) is 4.90 Å². The second-order valence-electron chi connectivity index (χ2n) is 8.86. The van der Waals surface area contributed by atoms with Crippen molar-refractivity contribution in [3.63, 3.8) is 0 Å². The van der Waals surface area contributed by atoms with E-state index >= 15 is 0 Å². The number of aryl methyl sites for hydroxylation is 1. The number of nitrogens with one attached hydrogen (secondary N) is 1. The molecule has 2 aromatic rings. The van der Waals surface area contributed by atoms with Crippen molar-refractivity contribution in [2.24, 2.45) is 0 Å². The van der Waals surface area contributed by atoms with Gasteiger partial charge in [0.05, 0.1) is 0 Å². The van der Waals surface area contributed by atoms with Crippen LogP contribution < -0.4 is 14.8 Å². The molecule has 1 fully saturated rings. The van der Waals surface area contributed by atoms with Gasteiger partial charge in [-0.15, -0.1) is 0 Å². The molecule has 1 N–H and O–H groups in total. The molecule has 33 heavy (non-hydrogen) atoms. The number of hydrogen-bond acceptors (Lipinski definition) is 4. The van der Waals surface area contributed by atoms with Crippen molar-refractivity contribution in [3.05, 3.63) is 58.1 Å². The van der Waals surface area contributed by atoms with Gasteiger partial charge in [0.15, 0.2) is 11.5 Å². The lowest BCUT2D eigenvalue weighted by atomic mass is 9.95. The molecule has 4 rings (SSSR count). The molecule has 1 aliphatic carbocycles. The van der Waals surface area contributed by atoms with E-state index in [-0.39, 0.29) is 24.6 Å². The van der Waals surface area contributed by atoms with Crippen LogP contribution in [0, 0.1) is 0 Å². The predicted octanol–water partition coefficient (Wildman–Crippen LogP) is 4.98. The van der Waals surface area contributed by atoms with Crippen LogP contribution in [0.4, 0.5) is 0 Å². The molecule has 0 radical (unpaired) electrons. The first-order valence-corrected chi connectivity index (χ1v) is 12.5. The SMILES string of the molecule is CC(C(=O)NC1CCCCC1)N(Cc1cccc(Br)c1)C(=O)CCc1ccc2c(c1)OCO2. The van der Waals surface area contributed by atoms with E-state index < -0.39 is 6.04 Å². The number of fused-ring (bicyclic) bond motifs is 1. The van der Waals surface area contributed by atoms with E-state index in [9.17, 15) is 9.59 Å². The van der Waals surface area contributed by atoms with Gasteiger partial charge in [-0.25, -0.2) is 0 Å². The number of carbonyl (C=O) groups is 2. The molecule has 7 heteroatoms. The zero-order valence-corrected chi connectivity index (χ0v) is 20.6. The lowest BCUT2D eigenvalue weighted by Gasteiger charge is -2.31. The van der Waals surface area contributed by atoms with Gasteiger partial charge in [-0.2, -0.15) is 0 Å². The summed E-state index contributed by atoms with van der Waals surface area (Å²) >= 11 is 3.50. The zero-order valence-electron chi connectivity index (χ0n) is 19.0. The number of hydrogen-bond donors (Lipinski definition) is 1. The number of nitrogens with zero attached hydrogens (tertiary/aromatic N) is 1. The van der Waals surface area contributed by atoms with Gasteiger partial charge in [-0.05, 0) is 61.6 Å². The fourth-order valence-corrected chi connectivity index (χ4v) is 4.92. The molecule has 0 saturated heterocycles. The minimum absolute atomic E-state index is 0.0427. The van der Waals surface area contributed by atoms with Gasteiger partial charge in [0.1, 0.15) is 6.04 Å². The fraction of sp³-hybridized carbons (Fsp3) is 0.462. The molecule has 0 aromatic heterocycles. The number of amides is 2. The number of rotatable bonds is 8. The summed E-state index contributed by atoms with van der Waals surface area (Å²) in [4.78, 5) is 28.1. The zero-order chi connectivity index (χ0) is 23.2. The number of carbonyl (C=O) groups excluding carboxylic acids is 2. The van der Waals surface area contributed by atoms with Gasteiger partial charge in [-0.3, -0.25) is 9.59 Å². The van der Waals surface area contributed by atoms with E-state index in [0.29, 0.717) is 25.1 Å². The van der Waals surface area contributed by atoms with Crippen LogP contribution in [-0.2, 0) is 22.6 Å². The van der Waals surface area contributed by atoms with Crippen molar-refractivity contribution < 1.29 is 19.1 Å². The summed E-state index contributed by atoms with van der Waals surface area (Å²) in [7, 11) is 0. The first kappa shape index (κ1) is 23.6. The number of halogens is 1. The molecular formula is C26H31BrN2O4. The van der Waals surface area contributed by atoms with E-state index in [0.717, 1.165) is 47.0 Å². The van der Waals surface area contributed by atoms with Crippen molar-refractivity contribution in [2.45, 2.75) is 70.5 Å². The van der Waals surface area contributed by atoms with Crippen molar-refractivity contribution >= 4 is 27.7 Å². The van der Waals surface area contributed by atoms with E-state index in [4.69, 9.17) is 9.47 Å². The summed E-state index contributed by atoms with van der Waals surface area (Å²) < 4.78 is 11.8. The smallest absolute Gasteiger partial charge is 0.242 e. The van der Waals surface area contributed by atoms with Gasteiger partial charge in [0.2, 0.25) is 18.6 Å². The highest BCUT2D eigenvalue weighted by Gasteiger charge is 2.28. The van der Waals surface area contributed by atoms with E-state index in [2.05, 4.69) is 21.2 Å². The Hall–Kier alpha value is -2.54. The summed E-state index contributed by atoms with van der Waals surface area (Å²) in [5.41, 5.74) is 1.99. The predicted molar refractivity (Wildman–Crippen MR) is 130 cm³/mol. The van der Waals surface area contributed by atoms with Crippen molar-refractivity contribution in [2.75, 3.05) is 6.79 Å². The highest BCUT2D eigenvalue weighted by atomic mass is 79.9. The summed E-state index contributed by atoms with van der Waals surface area (Å²) in [6.45, 7) is 2.44. The van der Waals surface area contributed by atoms with Crippen LogP contribution in [-0.4, -0.2) is 35.6 Å². The van der Waals surface area contributed by atoms with Crippen LogP contribution in [0.5, 0.6) is 11.5 Å². The highest BCUT2D eigenvalue weighted by Crippen LogP contribution is 2.33. The lowest BCUT2D eigenvalue weighted by Crippen LogP contribution is -2.50. The Morgan fingerprint density at radius 3 is 2.64 bits per heavy atom. The average Bonchev–Trinajstić information content (AvgIpc) is 3.29. The number of benzene rings is 2. The van der Waals surface area contributed by atoms with Gasteiger partial charge in [-0.1, -0.05) is 53.4 Å². The van der Waals surface area contributed by atoms with Crippen LogP contribution in [0.2, 0.25) is 0 Å². The monoisotopic (exact) mass is 514 g/mol. The van der Waals surface area contributed by atoms with Crippen LogP contribution in [0.3, 0.4) is 0 Å². The molecule has 1 unspecified atom stereocenters. The molecule has 6 nitrogen and oxygen atoms in total. The molecule has 2 aliphatic rings. The summed E-state index contributed by atoms with van der Waals surface area (Å²) in [6, 6.07) is 13.3. The Bertz CT molecular complexity index is 990. The van der Waals surface area contributed by atoms with E-state index in [1.165, 1.54) is 6.42 Å². The van der Waals surface area contributed by atoms with Gasteiger partial charge >= 0.3 is 0 Å². The maximum Gasteiger partial charge on any atom is 0.242 e. The Morgan fingerprint density at radius 1 is 1.06 bits per heavy atom. The molecule has 0 spiro atoms. The Morgan fingerprint density at radius 2 is 1.85 bits per heavy atom. The summed E-state index contributed by atoms with van der Waals surface area (Å²) in [6.07, 6.45) is 6.45. The van der Waals surface area contributed by atoms with Gasteiger partial charge < -0.3 is 19.7 Å². The molecule has 176 valence electrons. The molecule has 2 aromatic carbocycles. The minimum Gasteiger partial charge on any atom is -0.454 e. The van der Waals surface area contributed by atoms with Crippen molar-refractivity contribution in [3.8, 4) is 11.5 Å². The standard InChI is InChI=1S/C26H31BrN2O4/c1-18(26(31)28-22-8-3-2-4-9-22)29(16-20-6-5-7-21(27)14-20)25(30)13-11-19-10-12-23-24(15-19)33-17-32-23/h5-7,10,12,14-15,18,22H,2-4,8-9,11,13,16-17H2,1H3,(H,28,31). The van der Waals surface area contributed by atoms with Crippen LogP contribution in [0.15, 0.2) is 46.9 Å². The first-order chi connectivity index (χ1) is 16.0. The Kier molecular flexibility index (Phi) is 7.91. The lowest BCUT2D eigenvalue weighted by molar-refractivity contribution is -0.141. The van der Waals surface area contributed by atoms with Crippen molar-refractivity contribution in [1.82, 2.24) is 10.2 Å². The second-order valence-corrected chi connectivity index (χ2v) is 9.77. The van der Waals surface area contributed by atoms with E-state index in [1.807, 2.05) is 49.4 Å². The topological polar surface area (TPSA) is 67.9 Å². The largest absolute Gasteiger partial charge is 0.454 e. The maximum absolute atomic E-state index is 13.4. The Balaban J connectivity index is 1.44. The molecule has 2 amide bonds. The summed E-state index contributed by atoms with van der Waals surface area (Å²) in [5, 5.41) is 3.18. The molecule has 1 aliphatic heterocycles. The van der Waals surface area contributed by atoms with Gasteiger partial charge in [0.25, 0.3) is 0 Å².